The summed E-state index contributed by atoms with van der Waals surface area (Å²) in [4.78, 5) is 2.41. The zero-order valence-corrected chi connectivity index (χ0v) is 15.0. The van der Waals surface area contributed by atoms with E-state index in [-0.39, 0.29) is 11.8 Å². The molecule has 0 radical (unpaired) electrons. The van der Waals surface area contributed by atoms with Crippen molar-refractivity contribution >= 4 is 4.50 Å². The van der Waals surface area contributed by atoms with Crippen molar-refractivity contribution in [3.63, 3.8) is 0 Å². The minimum atomic E-state index is -0.280. The predicted molar refractivity (Wildman–Crippen MR) is 90.8 cm³/mol. The molecule has 3 heteroatoms. The number of rotatable bonds is 5. The molecule has 0 aromatic heterocycles. The molecule has 0 spiro atoms. The van der Waals surface area contributed by atoms with Crippen molar-refractivity contribution in [2.45, 2.75) is 38.5 Å². The second-order valence-electron chi connectivity index (χ2n) is 6.43. The summed E-state index contributed by atoms with van der Waals surface area (Å²) >= 11 is 3.31. The average molecular weight is 345 g/mol. The maximum atomic E-state index is 6.08. The van der Waals surface area contributed by atoms with Gasteiger partial charge in [0.2, 0.25) is 0 Å². The summed E-state index contributed by atoms with van der Waals surface area (Å²) in [5, 5.41) is 0. The third-order valence-electron chi connectivity index (χ3n) is 4.41. The molecule has 0 unspecified atom stereocenters. The van der Waals surface area contributed by atoms with E-state index in [4.69, 9.17) is 4.74 Å². The van der Waals surface area contributed by atoms with Crippen molar-refractivity contribution in [2.75, 3.05) is 6.61 Å². The van der Waals surface area contributed by atoms with Crippen molar-refractivity contribution < 1.29 is 20.6 Å². The third-order valence-corrected chi connectivity index (χ3v) is 5.04. The number of benzene rings is 2. The summed E-state index contributed by atoms with van der Waals surface area (Å²) < 4.78 is 7.35. The van der Waals surface area contributed by atoms with Crippen molar-refractivity contribution in [3.05, 3.63) is 71.8 Å². The molecule has 2 aromatic carbocycles. The van der Waals surface area contributed by atoms with E-state index < -0.39 is 0 Å². The second-order valence-corrected chi connectivity index (χ2v) is 7.17. The van der Waals surface area contributed by atoms with Gasteiger partial charge in [-0.1, -0.05) is 0 Å². The molecule has 120 valence electrons. The van der Waals surface area contributed by atoms with E-state index in [1.54, 1.807) is 0 Å². The zero-order valence-electron chi connectivity index (χ0n) is 13.7. The molecule has 1 heterocycles. The van der Waals surface area contributed by atoms with Gasteiger partial charge in [0.1, 0.15) is 0 Å². The normalized spacial score (nSPS) is 20.5. The summed E-state index contributed by atoms with van der Waals surface area (Å²) in [7, 11) is 0. The molecule has 0 amide bonds. The van der Waals surface area contributed by atoms with Crippen LogP contribution in [-0.2, 0) is 27.0 Å². The number of ether oxygens (including phenoxy) is 1. The molecule has 0 saturated carbocycles. The van der Waals surface area contributed by atoms with Crippen molar-refractivity contribution in [2.24, 2.45) is 0 Å². The number of aryl methyl sites for hydroxylation is 1. The summed E-state index contributed by atoms with van der Waals surface area (Å²) in [5.41, 5.74) is 2.40. The van der Waals surface area contributed by atoms with Gasteiger partial charge in [-0.05, 0) is 0 Å². The monoisotopic (exact) mass is 345 g/mol. The molecule has 0 bridgehead atoms. The van der Waals surface area contributed by atoms with E-state index in [0.29, 0.717) is 0 Å². The topological polar surface area (TPSA) is 12.5 Å². The molecule has 2 aromatic rings. The van der Waals surface area contributed by atoms with E-state index in [1.165, 1.54) is 15.6 Å². The van der Waals surface area contributed by atoms with Crippen LogP contribution in [0, 0.1) is 0 Å². The molecule has 1 aliphatic rings. The maximum absolute atomic E-state index is 6.08. The van der Waals surface area contributed by atoms with E-state index in [2.05, 4.69) is 95.3 Å². The van der Waals surface area contributed by atoms with Gasteiger partial charge in [0, 0.05) is 0 Å². The predicted octanol–water partition coefficient (Wildman–Crippen LogP) is 4.11. The zero-order chi connectivity index (χ0) is 16.3. The average Bonchev–Trinajstić information content (AvgIpc) is 2.90. The van der Waals surface area contributed by atoms with E-state index >= 15 is 0 Å². The van der Waals surface area contributed by atoms with Crippen LogP contribution in [0.4, 0.5) is 0 Å². The molecule has 0 N–H and O–H groups in total. The quantitative estimate of drug-likeness (QED) is 0.809. The Kier molecular flexibility index (Phi) is 5.14. The van der Waals surface area contributed by atoms with Crippen molar-refractivity contribution in [1.29, 1.82) is 0 Å². The van der Waals surface area contributed by atoms with Crippen LogP contribution in [0.3, 0.4) is 0 Å². The number of hydrogen-bond acceptors (Lipinski definition) is 2. The first-order valence-corrected chi connectivity index (χ1v) is 8.77. The van der Waals surface area contributed by atoms with Crippen LogP contribution in [0.15, 0.2) is 60.7 Å². The first-order chi connectivity index (χ1) is 11.1. The van der Waals surface area contributed by atoms with Crippen LogP contribution in [0.2, 0.25) is 0 Å². The van der Waals surface area contributed by atoms with Gasteiger partial charge >= 0.3 is 147 Å². The summed E-state index contributed by atoms with van der Waals surface area (Å²) in [6.07, 6.45) is 2.04. The molecule has 1 atom stereocenters. The Morgan fingerprint density at radius 2 is 1.70 bits per heavy atom. The molecule has 3 rings (SSSR count). The van der Waals surface area contributed by atoms with Gasteiger partial charge in [-0.2, -0.15) is 0 Å². The summed E-state index contributed by atoms with van der Waals surface area (Å²) in [6, 6.07) is 21.6. The van der Waals surface area contributed by atoms with Crippen LogP contribution in [0.1, 0.15) is 37.4 Å². The van der Waals surface area contributed by atoms with Gasteiger partial charge in [0.05, 0.1) is 0 Å². The Morgan fingerprint density at radius 3 is 2.35 bits per heavy atom. The van der Waals surface area contributed by atoms with Crippen LogP contribution in [-0.4, -0.2) is 21.7 Å². The fourth-order valence-corrected chi connectivity index (χ4v) is 3.91. The molecule has 2 nitrogen and oxygen atoms in total. The number of hydrogen-bond donors (Lipinski definition) is 0. The SMILES string of the molecule is CC1(C)OC[C@@H](c2ccccc2)N1[C](=[Cr])CCc1ccccc1. The Labute approximate surface area is 147 Å². The molecule has 0 aliphatic carbocycles. The van der Waals surface area contributed by atoms with Crippen LogP contribution < -0.4 is 0 Å². The molecule has 1 saturated heterocycles. The Balaban J connectivity index is 1.75. The van der Waals surface area contributed by atoms with Gasteiger partial charge in [0.15, 0.2) is 0 Å². The Hall–Kier alpha value is -1.24. The molecule has 1 fully saturated rings. The van der Waals surface area contributed by atoms with Gasteiger partial charge < -0.3 is 0 Å². The first-order valence-electron chi connectivity index (χ1n) is 8.13. The fraction of sp³-hybridized carbons (Fsp3) is 0.350. The minimum absolute atomic E-state index is 0.276. The van der Waals surface area contributed by atoms with Gasteiger partial charge in [0.25, 0.3) is 0 Å². The van der Waals surface area contributed by atoms with E-state index in [9.17, 15) is 0 Å². The van der Waals surface area contributed by atoms with Gasteiger partial charge in [-0.25, -0.2) is 0 Å². The molecular formula is C20H23CrNO. The molecular weight excluding hydrogens is 322 g/mol. The molecule has 23 heavy (non-hydrogen) atoms. The van der Waals surface area contributed by atoms with Gasteiger partial charge in [-0.15, -0.1) is 0 Å². The Morgan fingerprint density at radius 1 is 1.09 bits per heavy atom. The van der Waals surface area contributed by atoms with Gasteiger partial charge in [-0.3, -0.25) is 0 Å². The van der Waals surface area contributed by atoms with E-state index in [1.807, 2.05) is 0 Å². The third kappa shape index (κ3) is 3.82. The van der Waals surface area contributed by atoms with Crippen molar-refractivity contribution in [1.82, 2.24) is 4.90 Å². The second kappa shape index (κ2) is 7.11. The summed E-state index contributed by atoms with van der Waals surface area (Å²) in [5.74, 6) is 0. The molecule has 1 aliphatic heterocycles. The fourth-order valence-electron chi connectivity index (χ4n) is 3.21. The van der Waals surface area contributed by atoms with Crippen LogP contribution in [0.5, 0.6) is 0 Å². The van der Waals surface area contributed by atoms with Crippen LogP contribution in [0.25, 0.3) is 0 Å². The van der Waals surface area contributed by atoms with Crippen LogP contribution >= 0.6 is 0 Å². The summed E-state index contributed by atoms with van der Waals surface area (Å²) in [6.45, 7) is 5.03. The Bertz CT molecular complexity index is 654. The van der Waals surface area contributed by atoms with Crippen molar-refractivity contribution in [3.8, 4) is 0 Å². The van der Waals surface area contributed by atoms with E-state index in [0.717, 1.165) is 19.4 Å². The first kappa shape index (κ1) is 16.6. The standard InChI is InChI=1S/C20H23NO.Cr/c1-20(2)21(15-9-12-17-10-5-3-6-11-17)19(16-22-20)18-13-7-4-8-14-18;/h3-8,10-11,13-14,19H,9,12,16H2,1-2H3;/t19-;/m0./s1. The number of nitrogens with zero attached hydrogens (tertiary/aromatic N) is 1.